The number of aromatic nitrogens is 3. The quantitative estimate of drug-likeness (QED) is 0.887. The maximum atomic E-state index is 5.95. The number of halogens is 1. The largest absolute Gasteiger partial charge is 0.490 e. The van der Waals surface area contributed by atoms with E-state index in [1.807, 2.05) is 29.2 Å². The van der Waals surface area contributed by atoms with E-state index in [1.54, 1.807) is 0 Å². The van der Waals surface area contributed by atoms with Crippen molar-refractivity contribution in [1.29, 1.82) is 0 Å². The van der Waals surface area contributed by atoms with Crippen LogP contribution in [-0.4, -0.2) is 34.1 Å². The average molecular weight is 321 g/mol. The number of nitrogen functional groups attached to an aromatic ring is 2. The van der Waals surface area contributed by atoms with E-state index < -0.39 is 0 Å². The molecule has 0 atom stereocenters. The summed E-state index contributed by atoms with van der Waals surface area (Å²) in [7, 11) is 0. The van der Waals surface area contributed by atoms with E-state index in [0.29, 0.717) is 11.0 Å². The lowest BCUT2D eigenvalue weighted by atomic mass is 10.1. The fourth-order valence-corrected chi connectivity index (χ4v) is 2.54. The molecule has 8 heteroatoms. The number of nitrogens with zero attached hydrogens (tertiary/aromatic N) is 4. The molecule has 0 saturated carbocycles. The Morgan fingerprint density at radius 2 is 1.59 bits per heavy atom. The van der Waals surface area contributed by atoms with E-state index in [9.17, 15) is 0 Å². The van der Waals surface area contributed by atoms with Crippen LogP contribution in [0.1, 0.15) is 12.8 Å². The minimum atomic E-state index is 0.141. The Labute approximate surface area is 133 Å². The van der Waals surface area contributed by atoms with Gasteiger partial charge in [-0.05, 0) is 24.3 Å². The lowest BCUT2D eigenvalue weighted by Gasteiger charge is -2.32. The highest BCUT2D eigenvalue weighted by Gasteiger charge is 2.22. The molecule has 1 aliphatic heterocycles. The van der Waals surface area contributed by atoms with Crippen molar-refractivity contribution < 1.29 is 4.74 Å². The summed E-state index contributed by atoms with van der Waals surface area (Å²) >= 11 is 5.87. The molecule has 22 heavy (non-hydrogen) atoms. The molecule has 1 aromatic heterocycles. The average Bonchev–Trinajstić information content (AvgIpc) is 2.49. The molecule has 0 spiro atoms. The number of piperidine rings is 1. The van der Waals surface area contributed by atoms with Gasteiger partial charge in [0.25, 0.3) is 0 Å². The summed E-state index contributed by atoms with van der Waals surface area (Å²) in [5, 5.41) is 0.701. The molecule has 0 aliphatic carbocycles. The maximum Gasteiger partial charge on any atom is 0.231 e. The standard InChI is InChI=1S/C14H17ClN6O/c15-9-1-3-10(4-2-9)22-11-5-7-21(8-6-11)14-19-12(16)18-13(17)20-14/h1-4,11H,5-8H2,(H4,16,17,18,19,20). The maximum absolute atomic E-state index is 5.95. The molecule has 116 valence electrons. The summed E-state index contributed by atoms with van der Waals surface area (Å²) < 4.78 is 5.95. The molecule has 1 aromatic carbocycles. The van der Waals surface area contributed by atoms with Crippen LogP contribution in [0.25, 0.3) is 0 Å². The third-order valence-corrected chi connectivity index (χ3v) is 3.75. The zero-order chi connectivity index (χ0) is 15.5. The first-order valence-corrected chi connectivity index (χ1v) is 7.42. The number of anilines is 3. The Morgan fingerprint density at radius 3 is 2.18 bits per heavy atom. The molecule has 1 fully saturated rings. The predicted octanol–water partition coefficient (Wildman–Crippen LogP) is 1.74. The van der Waals surface area contributed by atoms with Crippen molar-refractivity contribution >= 4 is 29.4 Å². The van der Waals surface area contributed by atoms with Crippen LogP contribution in [0.2, 0.25) is 5.02 Å². The number of rotatable bonds is 3. The van der Waals surface area contributed by atoms with Gasteiger partial charge < -0.3 is 21.1 Å². The Bertz CT molecular complexity index is 622. The van der Waals surface area contributed by atoms with Crippen molar-refractivity contribution in [3.05, 3.63) is 29.3 Å². The van der Waals surface area contributed by atoms with Crippen molar-refractivity contribution in [2.75, 3.05) is 29.5 Å². The second-order valence-electron chi connectivity index (χ2n) is 5.11. The highest BCUT2D eigenvalue weighted by atomic mass is 35.5. The van der Waals surface area contributed by atoms with E-state index in [2.05, 4.69) is 15.0 Å². The van der Waals surface area contributed by atoms with Gasteiger partial charge in [-0.15, -0.1) is 0 Å². The molecule has 1 aliphatic rings. The van der Waals surface area contributed by atoms with Crippen molar-refractivity contribution in [1.82, 2.24) is 15.0 Å². The van der Waals surface area contributed by atoms with Crippen LogP contribution in [0.15, 0.2) is 24.3 Å². The summed E-state index contributed by atoms with van der Waals surface area (Å²) in [5.41, 5.74) is 11.2. The smallest absolute Gasteiger partial charge is 0.231 e. The molecule has 2 aromatic rings. The Balaban J connectivity index is 1.59. The number of hydrogen-bond donors (Lipinski definition) is 2. The highest BCUT2D eigenvalue weighted by Crippen LogP contribution is 2.23. The van der Waals surface area contributed by atoms with Gasteiger partial charge in [-0.25, -0.2) is 0 Å². The minimum Gasteiger partial charge on any atom is -0.490 e. The van der Waals surface area contributed by atoms with Gasteiger partial charge in [0, 0.05) is 31.0 Å². The molecule has 0 bridgehead atoms. The molecule has 0 radical (unpaired) electrons. The topological polar surface area (TPSA) is 103 Å². The zero-order valence-electron chi connectivity index (χ0n) is 11.9. The van der Waals surface area contributed by atoms with E-state index in [4.69, 9.17) is 27.8 Å². The number of nitrogens with two attached hydrogens (primary N) is 2. The van der Waals surface area contributed by atoms with Crippen LogP contribution in [-0.2, 0) is 0 Å². The van der Waals surface area contributed by atoms with E-state index in [1.165, 1.54) is 0 Å². The summed E-state index contributed by atoms with van der Waals surface area (Å²) in [6.07, 6.45) is 1.90. The molecule has 7 nitrogen and oxygen atoms in total. The first-order valence-electron chi connectivity index (χ1n) is 7.04. The fraction of sp³-hybridized carbons (Fsp3) is 0.357. The number of ether oxygens (including phenoxy) is 1. The van der Waals surface area contributed by atoms with Crippen molar-refractivity contribution in [3.8, 4) is 5.75 Å². The third-order valence-electron chi connectivity index (χ3n) is 3.50. The van der Waals surface area contributed by atoms with E-state index >= 15 is 0 Å². The second-order valence-corrected chi connectivity index (χ2v) is 5.55. The van der Waals surface area contributed by atoms with Crippen LogP contribution >= 0.6 is 11.6 Å². The molecule has 0 amide bonds. The van der Waals surface area contributed by atoms with Gasteiger partial charge in [0.2, 0.25) is 17.8 Å². The lowest BCUT2D eigenvalue weighted by molar-refractivity contribution is 0.170. The molecule has 3 rings (SSSR count). The van der Waals surface area contributed by atoms with Crippen molar-refractivity contribution in [2.24, 2.45) is 0 Å². The molecule has 1 saturated heterocycles. The van der Waals surface area contributed by atoms with Gasteiger partial charge in [0.15, 0.2) is 0 Å². The third kappa shape index (κ3) is 3.48. The van der Waals surface area contributed by atoms with E-state index in [0.717, 1.165) is 31.7 Å². The summed E-state index contributed by atoms with van der Waals surface area (Å²) in [5.74, 6) is 1.63. The minimum absolute atomic E-state index is 0.141. The van der Waals surface area contributed by atoms with Crippen molar-refractivity contribution in [2.45, 2.75) is 18.9 Å². The van der Waals surface area contributed by atoms with Gasteiger partial charge in [-0.2, -0.15) is 15.0 Å². The lowest BCUT2D eigenvalue weighted by Crippen LogP contribution is -2.39. The van der Waals surface area contributed by atoms with Gasteiger partial charge in [0.05, 0.1) is 0 Å². The van der Waals surface area contributed by atoms with Crippen LogP contribution in [0.5, 0.6) is 5.75 Å². The highest BCUT2D eigenvalue weighted by molar-refractivity contribution is 6.30. The monoisotopic (exact) mass is 320 g/mol. The van der Waals surface area contributed by atoms with Gasteiger partial charge in [0.1, 0.15) is 11.9 Å². The Morgan fingerprint density at radius 1 is 1.00 bits per heavy atom. The fourth-order valence-electron chi connectivity index (χ4n) is 2.42. The normalized spacial score (nSPS) is 15.8. The molecule has 2 heterocycles. The predicted molar refractivity (Wildman–Crippen MR) is 86.0 cm³/mol. The zero-order valence-corrected chi connectivity index (χ0v) is 12.7. The van der Waals surface area contributed by atoms with Gasteiger partial charge in [-0.3, -0.25) is 0 Å². The second kappa shape index (κ2) is 6.23. The molecular formula is C14H17ClN6O. The molecule has 0 unspecified atom stereocenters. The van der Waals surface area contributed by atoms with Crippen LogP contribution in [0.4, 0.5) is 17.8 Å². The number of hydrogen-bond acceptors (Lipinski definition) is 7. The van der Waals surface area contributed by atoms with Crippen LogP contribution in [0.3, 0.4) is 0 Å². The first-order chi connectivity index (χ1) is 10.6. The van der Waals surface area contributed by atoms with Crippen LogP contribution < -0.4 is 21.1 Å². The Hall–Kier alpha value is -2.28. The summed E-state index contributed by atoms with van der Waals surface area (Å²) in [6.45, 7) is 1.56. The Kier molecular flexibility index (Phi) is 4.15. The molecule has 4 N–H and O–H groups in total. The SMILES string of the molecule is Nc1nc(N)nc(N2CCC(Oc3ccc(Cl)cc3)CC2)n1. The first kappa shape index (κ1) is 14.6. The molecular weight excluding hydrogens is 304 g/mol. The summed E-state index contributed by atoms with van der Waals surface area (Å²) in [6, 6.07) is 7.40. The van der Waals surface area contributed by atoms with Gasteiger partial charge in [-0.1, -0.05) is 11.6 Å². The van der Waals surface area contributed by atoms with Gasteiger partial charge >= 0.3 is 0 Å². The summed E-state index contributed by atoms with van der Waals surface area (Å²) in [4.78, 5) is 14.1. The van der Waals surface area contributed by atoms with Crippen molar-refractivity contribution in [3.63, 3.8) is 0 Å². The van der Waals surface area contributed by atoms with Crippen LogP contribution in [0, 0.1) is 0 Å². The van der Waals surface area contributed by atoms with E-state index in [-0.39, 0.29) is 18.0 Å². The number of benzene rings is 1.